The molecule has 17 heavy (non-hydrogen) atoms. The molecule has 0 bridgehead atoms. The molecule has 2 nitrogen and oxygen atoms in total. The first-order valence-electron chi connectivity index (χ1n) is 7.05. The Morgan fingerprint density at radius 3 is 2.35 bits per heavy atom. The van der Waals surface area contributed by atoms with Gasteiger partial charge < -0.3 is 9.90 Å². The van der Waals surface area contributed by atoms with Gasteiger partial charge in [-0.15, -0.1) is 0 Å². The maximum atomic E-state index is 10.9. The van der Waals surface area contributed by atoms with E-state index in [1.807, 2.05) is 20.8 Å². The minimum atomic E-state index is -0.575. The first-order valence-corrected chi connectivity index (χ1v) is 7.05. The quantitative estimate of drug-likeness (QED) is 0.719. The molecule has 100 valence electrons. The summed E-state index contributed by atoms with van der Waals surface area (Å²) in [6, 6.07) is 0. The highest BCUT2D eigenvalue weighted by molar-refractivity contribution is 5.52. The zero-order valence-electron chi connectivity index (χ0n) is 11.7. The smallest absolute Gasteiger partial charge is 0.122 e. The highest BCUT2D eigenvalue weighted by atomic mass is 16.3. The Balaban J connectivity index is 2.61. The maximum absolute atomic E-state index is 10.9. The van der Waals surface area contributed by atoms with Crippen LogP contribution in [0.15, 0.2) is 0 Å². The fourth-order valence-electron chi connectivity index (χ4n) is 3.16. The Kier molecular flexibility index (Phi) is 5.18. The van der Waals surface area contributed by atoms with E-state index < -0.39 is 5.60 Å². The van der Waals surface area contributed by atoms with Gasteiger partial charge in [-0.25, -0.2) is 0 Å². The van der Waals surface area contributed by atoms with E-state index in [1.54, 1.807) is 0 Å². The molecule has 1 fully saturated rings. The van der Waals surface area contributed by atoms with Crippen LogP contribution in [0.25, 0.3) is 0 Å². The van der Waals surface area contributed by atoms with Gasteiger partial charge >= 0.3 is 0 Å². The molecular weight excluding hydrogens is 212 g/mol. The minimum absolute atomic E-state index is 0.162. The van der Waals surface area contributed by atoms with E-state index in [1.165, 1.54) is 32.1 Å². The largest absolute Gasteiger partial charge is 0.390 e. The molecule has 1 aliphatic carbocycles. The fraction of sp³-hybridized carbons (Fsp3) is 0.933. The fourth-order valence-corrected chi connectivity index (χ4v) is 3.16. The second-order valence-electron chi connectivity index (χ2n) is 6.69. The van der Waals surface area contributed by atoms with Crippen molar-refractivity contribution in [2.45, 2.75) is 77.7 Å². The summed E-state index contributed by atoms with van der Waals surface area (Å²) in [5.41, 5.74) is -0.257. The van der Waals surface area contributed by atoms with Gasteiger partial charge in [0.25, 0.3) is 0 Å². The van der Waals surface area contributed by atoms with Crippen LogP contribution in [0.2, 0.25) is 0 Å². The molecule has 0 aromatic heterocycles. The van der Waals surface area contributed by atoms with Gasteiger partial charge in [-0.3, -0.25) is 0 Å². The average Bonchev–Trinajstić information content (AvgIpc) is 2.27. The lowest BCUT2D eigenvalue weighted by atomic mass is 9.66. The van der Waals surface area contributed by atoms with Gasteiger partial charge in [-0.05, 0) is 51.4 Å². The molecule has 1 aliphatic rings. The van der Waals surface area contributed by atoms with Crippen LogP contribution < -0.4 is 0 Å². The molecule has 0 spiro atoms. The molecule has 0 saturated heterocycles. The minimum Gasteiger partial charge on any atom is -0.390 e. The maximum Gasteiger partial charge on any atom is 0.122 e. The first-order chi connectivity index (χ1) is 7.87. The predicted molar refractivity (Wildman–Crippen MR) is 70.9 cm³/mol. The van der Waals surface area contributed by atoms with Crippen LogP contribution >= 0.6 is 0 Å². The van der Waals surface area contributed by atoms with Gasteiger partial charge in [0.15, 0.2) is 0 Å². The molecule has 0 aromatic rings. The van der Waals surface area contributed by atoms with Crippen molar-refractivity contribution in [3.05, 3.63) is 0 Å². The molecule has 1 rings (SSSR count). The number of hydrogen-bond acceptors (Lipinski definition) is 2. The second kappa shape index (κ2) is 5.99. The van der Waals surface area contributed by atoms with Crippen molar-refractivity contribution in [3.8, 4) is 0 Å². The van der Waals surface area contributed by atoms with Crippen LogP contribution in [0.4, 0.5) is 0 Å². The monoisotopic (exact) mass is 240 g/mol. The number of carbonyl (C=O) groups is 1. The Labute approximate surface area is 106 Å². The lowest BCUT2D eigenvalue weighted by Gasteiger charge is -2.40. The Hall–Kier alpha value is -0.370. The Morgan fingerprint density at radius 2 is 1.88 bits per heavy atom. The Morgan fingerprint density at radius 1 is 1.29 bits per heavy atom. The van der Waals surface area contributed by atoms with Crippen molar-refractivity contribution in [2.75, 3.05) is 0 Å². The van der Waals surface area contributed by atoms with Crippen molar-refractivity contribution in [1.29, 1.82) is 0 Å². The lowest BCUT2D eigenvalue weighted by molar-refractivity contribution is -0.111. The van der Waals surface area contributed by atoms with Crippen molar-refractivity contribution < 1.29 is 9.90 Å². The van der Waals surface area contributed by atoms with E-state index in [9.17, 15) is 9.90 Å². The molecule has 1 saturated carbocycles. The number of aldehydes is 1. The second-order valence-corrected chi connectivity index (χ2v) is 6.69. The summed E-state index contributed by atoms with van der Waals surface area (Å²) < 4.78 is 0. The first kappa shape index (κ1) is 14.7. The number of carbonyl (C=O) groups excluding carboxylic acids is 1. The third-order valence-electron chi connectivity index (χ3n) is 4.17. The summed E-state index contributed by atoms with van der Waals surface area (Å²) in [6.45, 7) is 5.78. The number of hydrogen-bond donors (Lipinski definition) is 1. The summed E-state index contributed by atoms with van der Waals surface area (Å²) in [6.07, 6.45) is 10.4. The van der Waals surface area contributed by atoms with Crippen molar-refractivity contribution in [2.24, 2.45) is 11.3 Å². The van der Waals surface area contributed by atoms with Gasteiger partial charge in [-0.2, -0.15) is 0 Å². The van der Waals surface area contributed by atoms with Crippen molar-refractivity contribution in [3.63, 3.8) is 0 Å². The zero-order valence-corrected chi connectivity index (χ0v) is 11.7. The van der Waals surface area contributed by atoms with E-state index >= 15 is 0 Å². The number of rotatable bonds is 6. The standard InChI is InChI=1S/C15H28O2/c1-13(12-16)11-15(7-5-4-6-8-15)10-9-14(2,3)17/h12-13,17H,4-11H2,1-3H3. The molecule has 1 N–H and O–H groups in total. The van der Waals surface area contributed by atoms with E-state index in [-0.39, 0.29) is 5.92 Å². The van der Waals surface area contributed by atoms with Gasteiger partial charge in [0.1, 0.15) is 6.29 Å². The van der Waals surface area contributed by atoms with E-state index in [0.29, 0.717) is 5.41 Å². The molecule has 2 heteroatoms. The summed E-state index contributed by atoms with van der Waals surface area (Å²) in [7, 11) is 0. The van der Waals surface area contributed by atoms with Crippen LogP contribution in [0.1, 0.15) is 72.1 Å². The van der Waals surface area contributed by atoms with Crippen LogP contribution in [-0.4, -0.2) is 17.0 Å². The van der Waals surface area contributed by atoms with Crippen LogP contribution in [0.3, 0.4) is 0 Å². The van der Waals surface area contributed by atoms with E-state index in [4.69, 9.17) is 0 Å². The molecule has 0 amide bonds. The lowest BCUT2D eigenvalue weighted by Crippen LogP contribution is -2.30. The molecule has 0 aliphatic heterocycles. The zero-order chi connectivity index (χ0) is 12.9. The molecular formula is C15H28O2. The molecule has 1 atom stereocenters. The average molecular weight is 240 g/mol. The van der Waals surface area contributed by atoms with Crippen LogP contribution in [-0.2, 0) is 4.79 Å². The normalized spacial score (nSPS) is 22.1. The summed E-state index contributed by atoms with van der Waals surface area (Å²) in [4.78, 5) is 10.9. The van der Waals surface area contributed by atoms with Crippen molar-refractivity contribution >= 4 is 6.29 Å². The van der Waals surface area contributed by atoms with Crippen molar-refractivity contribution in [1.82, 2.24) is 0 Å². The topological polar surface area (TPSA) is 37.3 Å². The number of aliphatic hydroxyl groups is 1. The van der Waals surface area contributed by atoms with Crippen LogP contribution in [0, 0.1) is 11.3 Å². The predicted octanol–water partition coefficient (Wildman–Crippen LogP) is 3.71. The third-order valence-corrected chi connectivity index (χ3v) is 4.17. The van der Waals surface area contributed by atoms with Gasteiger partial charge in [0.2, 0.25) is 0 Å². The SMILES string of the molecule is CC(C=O)CC1(CCC(C)(C)O)CCCCC1. The van der Waals surface area contributed by atoms with E-state index in [2.05, 4.69) is 0 Å². The highest BCUT2D eigenvalue weighted by Gasteiger charge is 2.34. The summed E-state index contributed by atoms with van der Waals surface area (Å²) >= 11 is 0. The van der Waals surface area contributed by atoms with Crippen LogP contribution in [0.5, 0.6) is 0 Å². The third kappa shape index (κ3) is 5.20. The van der Waals surface area contributed by atoms with E-state index in [0.717, 1.165) is 25.5 Å². The molecule has 0 heterocycles. The molecule has 1 unspecified atom stereocenters. The Bertz CT molecular complexity index is 234. The highest BCUT2D eigenvalue weighted by Crippen LogP contribution is 2.45. The molecule has 0 radical (unpaired) electrons. The summed E-state index contributed by atoms with van der Waals surface area (Å²) in [5.74, 6) is 0.162. The van der Waals surface area contributed by atoms with Gasteiger partial charge in [0, 0.05) is 5.92 Å². The van der Waals surface area contributed by atoms with Gasteiger partial charge in [-0.1, -0.05) is 26.2 Å². The van der Waals surface area contributed by atoms with Gasteiger partial charge in [0.05, 0.1) is 5.60 Å². The molecule has 0 aromatic carbocycles. The summed E-state index contributed by atoms with van der Waals surface area (Å²) in [5, 5.41) is 9.88.